The fourth-order valence-electron chi connectivity index (χ4n) is 1.97. The average Bonchev–Trinajstić information content (AvgIpc) is 2.26. The molecular formula is C12H26O2Si. The van der Waals surface area contributed by atoms with E-state index in [-0.39, 0.29) is 0 Å². The van der Waals surface area contributed by atoms with Crippen molar-refractivity contribution in [2.75, 3.05) is 0 Å². The summed E-state index contributed by atoms with van der Waals surface area (Å²) in [4.78, 5) is 10.2. The van der Waals surface area contributed by atoms with Gasteiger partial charge in [0, 0.05) is 12.5 Å². The van der Waals surface area contributed by atoms with E-state index in [1.54, 1.807) is 0 Å². The highest BCUT2D eigenvalue weighted by molar-refractivity contribution is 6.73. The van der Waals surface area contributed by atoms with E-state index in [0.29, 0.717) is 12.5 Å². The molecule has 90 valence electrons. The molecular weight excluding hydrogens is 204 g/mol. The Hall–Kier alpha value is -0.153. The topological polar surface area (TPSA) is 26.3 Å². The minimum Gasteiger partial charge on any atom is -0.414 e. The molecule has 0 heterocycles. The molecule has 0 N–H and O–H groups in total. The molecule has 2 nitrogen and oxygen atoms in total. The molecule has 0 bridgehead atoms. The standard InChI is InChI=1S/C12H26O2Si/c1-5-15(6-2,7-3)14-12(4)10-8-9-11-13/h11-12H,5-10H2,1-4H3. The molecule has 0 spiro atoms. The first-order valence-corrected chi connectivity index (χ1v) is 8.78. The summed E-state index contributed by atoms with van der Waals surface area (Å²) in [6, 6.07) is 3.62. The Morgan fingerprint density at radius 2 is 1.73 bits per heavy atom. The van der Waals surface area contributed by atoms with Crippen LogP contribution in [0.1, 0.15) is 47.0 Å². The monoisotopic (exact) mass is 230 g/mol. The predicted octanol–water partition coefficient (Wildman–Crippen LogP) is 3.77. The van der Waals surface area contributed by atoms with Crippen LogP contribution in [-0.2, 0) is 9.22 Å². The quantitative estimate of drug-likeness (QED) is 0.342. The summed E-state index contributed by atoms with van der Waals surface area (Å²) in [5.41, 5.74) is 0. The van der Waals surface area contributed by atoms with Gasteiger partial charge in [-0.2, -0.15) is 0 Å². The Morgan fingerprint density at radius 3 is 2.13 bits per heavy atom. The minimum absolute atomic E-state index is 0.330. The molecule has 0 aliphatic heterocycles. The first kappa shape index (κ1) is 14.8. The number of hydrogen-bond acceptors (Lipinski definition) is 2. The summed E-state index contributed by atoms with van der Waals surface area (Å²) < 4.78 is 6.26. The fourth-order valence-corrected chi connectivity index (χ4v) is 4.95. The molecule has 0 radical (unpaired) electrons. The van der Waals surface area contributed by atoms with Crippen LogP contribution in [0.25, 0.3) is 0 Å². The van der Waals surface area contributed by atoms with Crippen LogP contribution in [0.4, 0.5) is 0 Å². The third-order valence-corrected chi connectivity index (χ3v) is 8.09. The zero-order valence-electron chi connectivity index (χ0n) is 10.7. The summed E-state index contributed by atoms with van der Waals surface area (Å²) in [6.07, 6.45) is 3.99. The number of aldehydes is 1. The summed E-state index contributed by atoms with van der Waals surface area (Å²) in [6.45, 7) is 8.89. The highest BCUT2D eigenvalue weighted by Crippen LogP contribution is 2.24. The zero-order valence-corrected chi connectivity index (χ0v) is 11.7. The second kappa shape index (κ2) is 8.05. The average molecular weight is 230 g/mol. The van der Waals surface area contributed by atoms with Crippen molar-refractivity contribution in [3.63, 3.8) is 0 Å². The van der Waals surface area contributed by atoms with Gasteiger partial charge in [0.1, 0.15) is 6.29 Å². The Labute approximate surface area is 95.5 Å². The Balaban J connectivity index is 3.99. The van der Waals surface area contributed by atoms with Crippen molar-refractivity contribution in [1.82, 2.24) is 0 Å². The van der Waals surface area contributed by atoms with Crippen molar-refractivity contribution < 1.29 is 9.22 Å². The van der Waals surface area contributed by atoms with Crippen LogP contribution >= 0.6 is 0 Å². The van der Waals surface area contributed by atoms with Crippen LogP contribution in [0.15, 0.2) is 0 Å². The van der Waals surface area contributed by atoms with Gasteiger partial charge >= 0.3 is 0 Å². The maximum absolute atomic E-state index is 10.2. The second-order valence-corrected chi connectivity index (χ2v) is 8.99. The number of unbranched alkanes of at least 4 members (excludes halogenated alkanes) is 1. The van der Waals surface area contributed by atoms with Crippen LogP contribution in [0, 0.1) is 0 Å². The highest BCUT2D eigenvalue weighted by atomic mass is 28.4. The molecule has 0 amide bonds. The smallest absolute Gasteiger partial charge is 0.192 e. The van der Waals surface area contributed by atoms with Crippen molar-refractivity contribution >= 4 is 14.6 Å². The third kappa shape index (κ3) is 5.47. The lowest BCUT2D eigenvalue weighted by Gasteiger charge is -2.31. The summed E-state index contributed by atoms with van der Waals surface area (Å²) in [5, 5.41) is 0. The van der Waals surface area contributed by atoms with Gasteiger partial charge in [-0.1, -0.05) is 20.8 Å². The van der Waals surface area contributed by atoms with Crippen molar-refractivity contribution in [2.45, 2.75) is 71.2 Å². The Morgan fingerprint density at radius 1 is 1.20 bits per heavy atom. The molecule has 1 atom stereocenters. The first-order chi connectivity index (χ1) is 7.14. The maximum atomic E-state index is 10.2. The van der Waals surface area contributed by atoms with E-state index in [2.05, 4.69) is 27.7 Å². The van der Waals surface area contributed by atoms with Crippen molar-refractivity contribution in [3.8, 4) is 0 Å². The molecule has 0 rings (SSSR count). The van der Waals surface area contributed by atoms with E-state index in [4.69, 9.17) is 4.43 Å². The van der Waals surface area contributed by atoms with Crippen molar-refractivity contribution in [2.24, 2.45) is 0 Å². The SMILES string of the molecule is CC[Si](CC)(CC)OC(C)CCCC=O. The molecule has 0 aromatic carbocycles. The Kier molecular flexibility index (Phi) is 7.97. The predicted molar refractivity (Wildman–Crippen MR) is 67.7 cm³/mol. The van der Waals surface area contributed by atoms with Crippen LogP contribution in [0.5, 0.6) is 0 Å². The lowest BCUT2D eigenvalue weighted by Crippen LogP contribution is -2.39. The number of hydrogen-bond donors (Lipinski definition) is 0. The first-order valence-electron chi connectivity index (χ1n) is 6.25. The van der Waals surface area contributed by atoms with Crippen molar-refractivity contribution in [3.05, 3.63) is 0 Å². The molecule has 0 aromatic heterocycles. The van der Waals surface area contributed by atoms with E-state index in [0.717, 1.165) is 19.1 Å². The molecule has 0 aliphatic rings. The van der Waals surface area contributed by atoms with Crippen LogP contribution < -0.4 is 0 Å². The lowest BCUT2D eigenvalue weighted by atomic mass is 10.2. The molecule has 1 unspecified atom stereocenters. The van der Waals surface area contributed by atoms with Crippen LogP contribution in [0.3, 0.4) is 0 Å². The van der Waals surface area contributed by atoms with Gasteiger partial charge in [0.25, 0.3) is 0 Å². The summed E-state index contributed by atoms with van der Waals surface area (Å²) in [5.74, 6) is 0. The molecule has 3 heteroatoms. The van der Waals surface area contributed by atoms with Crippen molar-refractivity contribution in [1.29, 1.82) is 0 Å². The van der Waals surface area contributed by atoms with Gasteiger partial charge in [-0.05, 0) is 37.9 Å². The van der Waals surface area contributed by atoms with Gasteiger partial charge in [-0.25, -0.2) is 0 Å². The number of carbonyl (C=O) groups excluding carboxylic acids is 1. The maximum Gasteiger partial charge on any atom is 0.192 e. The van der Waals surface area contributed by atoms with Gasteiger partial charge in [-0.15, -0.1) is 0 Å². The molecule has 0 fully saturated rings. The largest absolute Gasteiger partial charge is 0.414 e. The van der Waals surface area contributed by atoms with Gasteiger partial charge in [-0.3, -0.25) is 0 Å². The van der Waals surface area contributed by atoms with E-state index in [1.165, 1.54) is 18.1 Å². The lowest BCUT2D eigenvalue weighted by molar-refractivity contribution is -0.108. The van der Waals surface area contributed by atoms with E-state index in [1.807, 2.05) is 0 Å². The molecule has 0 saturated heterocycles. The summed E-state index contributed by atoms with van der Waals surface area (Å²) >= 11 is 0. The van der Waals surface area contributed by atoms with Crippen LogP contribution in [0.2, 0.25) is 18.1 Å². The van der Waals surface area contributed by atoms with Gasteiger partial charge in [0.05, 0.1) is 0 Å². The molecule has 0 saturated carbocycles. The van der Waals surface area contributed by atoms with Crippen LogP contribution in [-0.4, -0.2) is 20.7 Å². The molecule has 15 heavy (non-hydrogen) atoms. The van der Waals surface area contributed by atoms with Gasteiger partial charge in [0.2, 0.25) is 0 Å². The Bertz CT molecular complexity index is 159. The van der Waals surface area contributed by atoms with Gasteiger partial charge < -0.3 is 9.22 Å². The molecule has 0 aliphatic carbocycles. The van der Waals surface area contributed by atoms with Gasteiger partial charge in [0.15, 0.2) is 8.32 Å². The highest BCUT2D eigenvalue weighted by Gasteiger charge is 2.30. The van der Waals surface area contributed by atoms with E-state index < -0.39 is 8.32 Å². The molecule has 0 aromatic rings. The third-order valence-electron chi connectivity index (χ3n) is 3.32. The second-order valence-electron chi connectivity index (χ2n) is 4.27. The summed E-state index contributed by atoms with van der Waals surface area (Å²) in [7, 11) is -1.43. The minimum atomic E-state index is -1.43. The number of carbonyl (C=O) groups is 1. The number of rotatable bonds is 9. The van der Waals surface area contributed by atoms with E-state index in [9.17, 15) is 4.79 Å². The van der Waals surface area contributed by atoms with E-state index >= 15 is 0 Å². The fraction of sp³-hybridized carbons (Fsp3) is 0.917. The normalized spacial score (nSPS) is 13.9. The zero-order chi connectivity index (χ0) is 11.7.